The Morgan fingerprint density at radius 2 is 2.10 bits per heavy atom. The number of rotatable bonds is 4. The number of benzene rings is 1. The third kappa shape index (κ3) is 3.29. The smallest absolute Gasteiger partial charge is 0.251 e. The van der Waals surface area contributed by atoms with E-state index in [1.54, 1.807) is 0 Å². The van der Waals surface area contributed by atoms with Gasteiger partial charge < -0.3 is 10.1 Å². The molecule has 1 aliphatic carbocycles. The fourth-order valence-electron chi connectivity index (χ4n) is 3.86. The third-order valence-corrected chi connectivity index (χ3v) is 4.87. The third-order valence-electron chi connectivity index (χ3n) is 4.87. The molecule has 3 rings (SSSR count). The standard InChI is InChI=1S/C18H25NO2/c1-2-7-14-12-16(15-10-6-11-17(15)21-14)19-18(20)13-8-4-3-5-9-13/h3-5,8-9,14-17H,2,6-7,10-12H2,1H3,(H,19,20)/t14-,15-,16+,17+/m0/s1. The van der Waals surface area contributed by atoms with Crippen molar-refractivity contribution in [3.63, 3.8) is 0 Å². The number of ether oxygens (including phenoxy) is 1. The topological polar surface area (TPSA) is 38.3 Å². The zero-order valence-electron chi connectivity index (χ0n) is 12.8. The quantitative estimate of drug-likeness (QED) is 0.920. The van der Waals surface area contributed by atoms with Crippen molar-refractivity contribution in [1.82, 2.24) is 5.32 Å². The predicted octanol–water partition coefficient (Wildman–Crippen LogP) is 3.54. The van der Waals surface area contributed by atoms with Gasteiger partial charge in [-0.25, -0.2) is 0 Å². The summed E-state index contributed by atoms with van der Waals surface area (Å²) in [5.74, 6) is 0.564. The minimum absolute atomic E-state index is 0.0587. The summed E-state index contributed by atoms with van der Waals surface area (Å²) in [7, 11) is 0. The zero-order chi connectivity index (χ0) is 14.7. The van der Waals surface area contributed by atoms with E-state index in [1.165, 1.54) is 12.8 Å². The van der Waals surface area contributed by atoms with Crippen molar-refractivity contribution < 1.29 is 9.53 Å². The van der Waals surface area contributed by atoms with E-state index in [1.807, 2.05) is 30.3 Å². The molecule has 0 aromatic heterocycles. The molecule has 1 N–H and O–H groups in total. The summed E-state index contributed by atoms with van der Waals surface area (Å²) in [4.78, 5) is 12.4. The lowest BCUT2D eigenvalue weighted by molar-refractivity contribution is -0.0852. The molecule has 2 fully saturated rings. The van der Waals surface area contributed by atoms with Crippen LogP contribution < -0.4 is 5.32 Å². The summed E-state index contributed by atoms with van der Waals surface area (Å²) in [5, 5.41) is 3.28. The molecule has 3 nitrogen and oxygen atoms in total. The van der Waals surface area contributed by atoms with E-state index < -0.39 is 0 Å². The molecule has 114 valence electrons. The summed E-state index contributed by atoms with van der Waals surface area (Å²) in [5.41, 5.74) is 0.755. The monoisotopic (exact) mass is 287 g/mol. The van der Waals surface area contributed by atoms with Crippen molar-refractivity contribution in [1.29, 1.82) is 0 Å². The normalized spacial score (nSPS) is 31.7. The van der Waals surface area contributed by atoms with Crippen LogP contribution >= 0.6 is 0 Å². The van der Waals surface area contributed by atoms with Crippen molar-refractivity contribution in [3.8, 4) is 0 Å². The van der Waals surface area contributed by atoms with Crippen LogP contribution in [0.1, 0.15) is 55.8 Å². The van der Waals surface area contributed by atoms with Crippen LogP contribution in [0.3, 0.4) is 0 Å². The Hall–Kier alpha value is -1.35. The summed E-state index contributed by atoms with van der Waals surface area (Å²) in [6.07, 6.45) is 7.44. The first-order valence-corrected chi connectivity index (χ1v) is 8.29. The van der Waals surface area contributed by atoms with Gasteiger partial charge in [0.15, 0.2) is 0 Å². The molecule has 1 saturated heterocycles. The van der Waals surface area contributed by atoms with E-state index >= 15 is 0 Å². The van der Waals surface area contributed by atoms with Crippen molar-refractivity contribution >= 4 is 5.91 Å². The summed E-state index contributed by atoms with van der Waals surface area (Å²) < 4.78 is 6.22. The van der Waals surface area contributed by atoms with Gasteiger partial charge >= 0.3 is 0 Å². The minimum atomic E-state index is 0.0587. The van der Waals surface area contributed by atoms with Gasteiger partial charge in [-0.1, -0.05) is 38.0 Å². The molecule has 21 heavy (non-hydrogen) atoms. The number of carbonyl (C=O) groups excluding carboxylic acids is 1. The Kier molecular flexibility index (Phi) is 4.59. The second-order valence-corrected chi connectivity index (χ2v) is 6.36. The van der Waals surface area contributed by atoms with E-state index in [-0.39, 0.29) is 11.9 Å². The van der Waals surface area contributed by atoms with Crippen molar-refractivity contribution in [2.75, 3.05) is 0 Å². The van der Waals surface area contributed by atoms with Gasteiger partial charge in [-0.05, 0) is 37.8 Å². The first kappa shape index (κ1) is 14.6. The molecule has 1 aromatic carbocycles. The molecule has 1 amide bonds. The second-order valence-electron chi connectivity index (χ2n) is 6.36. The molecular weight excluding hydrogens is 262 g/mol. The molecule has 3 heteroatoms. The molecule has 0 radical (unpaired) electrons. The first-order chi connectivity index (χ1) is 10.3. The Bertz CT molecular complexity index is 473. The number of hydrogen-bond donors (Lipinski definition) is 1. The van der Waals surface area contributed by atoms with Crippen LogP contribution in [0.2, 0.25) is 0 Å². The molecule has 0 spiro atoms. The van der Waals surface area contributed by atoms with Gasteiger partial charge in [-0.3, -0.25) is 4.79 Å². The number of fused-ring (bicyclic) bond motifs is 1. The zero-order valence-corrected chi connectivity index (χ0v) is 12.8. The highest BCUT2D eigenvalue weighted by Gasteiger charge is 2.41. The average molecular weight is 287 g/mol. The van der Waals surface area contributed by atoms with Crippen molar-refractivity contribution in [2.45, 2.75) is 63.7 Å². The van der Waals surface area contributed by atoms with Crippen LogP contribution in [-0.2, 0) is 4.74 Å². The minimum Gasteiger partial charge on any atom is -0.375 e. The summed E-state index contributed by atoms with van der Waals surface area (Å²) in [6, 6.07) is 9.80. The molecule has 1 aliphatic heterocycles. The van der Waals surface area contributed by atoms with Crippen LogP contribution in [-0.4, -0.2) is 24.2 Å². The van der Waals surface area contributed by atoms with Gasteiger partial charge in [0, 0.05) is 17.5 Å². The predicted molar refractivity (Wildman–Crippen MR) is 83.2 cm³/mol. The lowest BCUT2D eigenvalue weighted by Crippen LogP contribution is -2.50. The molecule has 1 heterocycles. The highest BCUT2D eigenvalue weighted by atomic mass is 16.5. The van der Waals surface area contributed by atoms with Crippen LogP contribution in [0.25, 0.3) is 0 Å². The first-order valence-electron chi connectivity index (χ1n) is 8.29. The van der Waals surface area contributed by atoms with Gasteiger partial charge in [-0.2, -0.15) is 0 Å². The Labute approximate surface area is 127 Å². The molecule has 0 unspecified atom stereocenters. The van der Waals surface area contributed by atoms with Crippen LogP contribution in [0, 0.1) is 5.92 Å². The van der Waals surface area contributed by atoms with Crippen molar-refractivity contribution in [3.05, 3.63) is 35.9 Å². The Balaban J connectivity index is 1.68. The van der Waals surface area contributed by atoms with Gasteiger partial charge in [0.05, 0.1) is 12.2 Å². The van der Waals surface area contributed by atoms with Crippen LogP contribution in [0.4, 0.5) is 0 Å². The fourth-order valence-corrected chi connectivity index (χ4v) is 3.86. The summed E-state index contributed by atoms with van der Waals surface area (Å²) >= 11 is 0. The lowest BCUT2D eigenvalue weighted by Gasteiger charge is -2.39. The van der Waals surface area contributed by atoms with E-state index in [2.05, 4.69) is 12.2 Å². The molecular formula is C18H25NO2. The SMILES string of the molecule is CCC[C@H]1C[C@@H](NC(=O)c2ccccc2)[C@@H]2CCC[C@H]2O1. The fraction of sp³-hybridized carbons (Fsp3) is 0.611. The van der Waals surface area contributed by atoms with Crippen LogP contribution in [0.5, 0.6) is 0 Å². The number of amides is 1. The maximum Gasteiger partial charge on any atom is 0.251 e. The molecule has 1 aromatic rings. The van der Waals surface area contributed by atoms with Crippen molar-refractivity contribution in [2.24, 2.45) is 5.92 Å². The Morgan fingerprint density at radius 1 is 1.29 bits per heavy atom. The van der Waals surface area contributed by atoms with E-state index in [0.717, 1.165) is 31.2 Å². The highest BCUT2D eigenvalue weighted by Crippen LogP contribution is 2.38. The molecule has 4 atom stereocenters. The maximum absolute atomic E-state index is 12.4. The van der Waals surface area contributed by atoms with Gasteiger partial charge in [0.25, 0.3) is 5.91 Å². The Morgan fingerprint density at radius 3 is 2.86 bits per heavy atom. The van der Waals surface area contributed by atoms with Gasteiger partial charge in [0.2, 0.25) is 0 Å². The number of nitrogens with one attached hydrogen (secondary N) is 1. The number of hydrogen-bond acceptors (Lipinski definition) is 2. The molecule has 0 bridgehead atoms. The largest absolute Gasteiger partial charge is 0.375 e. The van der Waals surface area contributed by atoms with Crippen LogP contribution in [0.15, 0.2) is 30.3 Å². The lowest BCUT2D eigenvalue weighted by atomic mass is 9.87. The maximum atomic E-state index is 12.4. The second kappa shape index (κ2) is 6.61. The molecule has 1 saturated carbocycles. The molecule has 2 aliphatic rings. The highest BCUT2D eigenvalue weighted by molar-refractivity contribution is 5.94. The number of carbonyl (C=O) groups is 1. The van der Waals surface area contributed by atoms with Gasteiger partial charge in [-0.15, -0.1) is 0 Å². The van der Waals surface area contributed by atoms with E-state index in [9.17, 15) is 4.79 Å². The summed E-state index contributed by atoms with van der Waals surface area (Å²) in [6.45, 7) is 2.20. The van der Waals surface area contributed by atoms with Gasteiger partial charge in [0.1, 0.15) is 0 Å². The average Bonchev–Trinajstić information content (AvgIpc) is 2.97. The van der Waals surface area contributed by atoms with E-state index in [4.69, 9.17) is 4.74 Å². The van der Waals surface area contributed by atoms with E-state index in [0.29, 0.717) is 18.1 Å².